The molecular formula is C9H4Br2O3S. The topological polar surface area (TPSA) is 51.2 Å². The van der Waals surface area contributed by atoms with Gasteiger partial charge >= 0.3 is 0 Å². The highest BCUT2D eigenvalue weighted by Crippen LogP contribution is 2.38. The first-order valence-electron chi connectivity index (χ1n) is 3.90. The molecule has 78 valence electrons. The molecule has 0 spiro atoms. The van der Waals surface area contributed by atoms with E-state index in [4.69, 9.17) is 0 Å². The number of allylic oxidation sites excluding steroid dienone is 1. The summed E-state index contributed by atoms with van der Waals surface area (Å²) in [4.78, 5) is 11.8. The van der Waals surface area contributed by atoms with Crippen LogP contribution in [0.25, 0.3) is 0 Å². The third-order valence-corrected chi connectivity index (χ3v) is 6.87. The number of ketones is 1. The number of benzene rings is 1. The van der Waals surface area contributed by atoms with Crippen molar-refractivity contribution in [3.05, 3.63) is 38.1 Å². The van der Waals surface area contributed by atoms with Crippen molar-refractivity contribution < 1.29 is 13.2 Å². The molecule has 0 N–H and O–H groups in total. The molecular weight excluding hydrogens is 348 g/mol. The number of rotatable bonds is 0. The van der Waals surface area contributed by atoms with Gasteiger partial charge in [-0.3, -0.25) is 4.79 Å². The molecule has 1 aromatic carbocycles. The Bertz CT molecular complexity index is 587. The summed E-state index contributed by atoms with van der Waals surface area (Å²) in [6, 6.07) is 6.13. The van der Waals surface area contributed by atoms with Crippen LogP contribution < -0.4 is 0 Å². The molecule has 0 bridgehead atoms. The molecule has 1 heterocycles. The van der Waals surface area contributed by atoms with Gasteiger partial charge in [-0.15, -0.1) is 0 Å². The molecule has 0 saturated heterocycles. The van der Waals surface area contributed by atoms with Crippen LogP contribution in [0.1, 0.15) is 10.4 Å². The van der Waals surface area contributed by atoms with Gasteiger partial charge in [0.25, 0.3) is 0 Å². The van der Waals surface area contributed by atoms with Gasteiger partial charge in [-0.2, -0.15) is 0 Å². The summed E-state index contributed by atoms with van der Waals surface area (Å²) in [5.41, 5.74) is 0.201. The summed E-state index contributed by atoms with van der Waals surface area (Å²) in [6.45, 7) is 0. The zero-order valence-electron chi connectivity index (χ0n) is 7.20. The lowest BCUT2D eigenvalue weighted by atomic mass is 10.1. The molecule has 1 aliphatic heterocycles. The predicted molar refractivity (Wildman–Crippen MR) is 62.8 cm³/mol. The molecule has 15 heavy (non-hydrogen) atoms. The van der Waals surface area contributed by atoms with Crippen molar-refractivity contribution in [2.45, 2.75) is 4.90 Å². The summed E-state index contributed by atoms with van der Waals surface area (Å²) in [7, 11) is -3.57. The average molecular weight is 352 g/mol. The van der Waals surface area contributed by atoms with E-state index < -0.39 is 9.84 Å². The minimum absolute atomic E-state index is 0.0428. The van der Waals surface area contributed by atoms with Crippen LogP contribution in [0.15, 0.2) is 37.5 Å². The van der Waals surface area contributed by atoms with Crippen molar-refractivity contribution >= 4 is 47.5 Å². The summed E-state index contributed by atoms with van der Waals surface area (Å²) in [5, 5.41) is 0. The van der Waals surface area contributed by atoms with Crippen LogP contribution in [0.2, 0.25) is 0 Å². The van der Waals surface area contributed by atoms with Crippen LogP contribution in [0.3, 0.4) is 0 Å². The van der Waals surface area contributed by atoms with E-state index in [1.54, 1.807) is 12.1 Å². The second kappa shape index (κ2) is 3.54. The van der Waals surface area contributed by atoms with Gasteiger partial charge in [-0.05, 0) is 44.0 Å². The van der Waals surface area contributed by atoms with Crippen LogP contribution in [0, 0.1) is 0 Å². The van der Waals surface area contributed by atoms with Crippen LogP contribution in [0.4, 0.5) is 0 Å². The molecule has 0 unspecified atom stereocenters. The van der Waals surface area contributed by atoms with E-state index in [0.29, 0.717) is 0 Å². The first-order valence-corrected chi connectivity index (χ1v) is 6.97. The minimum Gasteiger partial charge on any atom is -0.288 e. The largest absolute Gasteiger partial charge is 0.288 e. The van der Waals surface area contributed by atoms with Crippen LogP contribution >= 0.6 is 31.9 Å². The number of hydrogen-bond donors (Lipinski definition) is 0. The molecule has 0 saturated carbocycles. The van der Waals surface area contributed by atoms with E-state index in [2.05, 4.69) is 31.9 Å². The summed E-state index contributed by atoms with van der Waals surface area (Å²) >= 11 is 5.88. The van der Waals surface area contributed by atoms with Gasteiger partial charge in [0.05, 0.1) is 9.38 Å². The highest BCUT2D eigenvalue weighted by atomic mass is 79.9. The zero-order valence-corrected chi connectivity index (χ0v) is 11.2. The molecule has 0 amide bonds. The van der Waals surface area contributed by atoms with E-state index >= 15 is 0 Å². The summed E-state index contributed by atoms with van der Waals surface area (Å²) in [5.74, 6) is -0.327. The number of fused-ring (bicyclic) bond motifs is 1. The predicted octanol–water partition coefficient (Wildman–Crippen LogP) is 2.62. The maximum atomic E-state index is 11.9. The molecule has 0 aromatic heterocycles. The molecule has 2 rings (SSSR count). The quantitative estimate of drug-likeness (QED) is 0.722. The maximum absolute atomic E-state index is 11.9. The minimum atomic E-state index is -3.57. The van der Waals surface area contributed by atoms with Crippen molar-refractivity contribution in [3.63, 3.8) is 0 Å². The van der Waals surface area contributed by atoms with Crippen molar-refractivity contribution in [2.24, 2.45) is 0 Å². The van der Waals surface area contributed by atoms with Crippen molar-refractivity contribution in [1.29, 1.82) is 0 Å². The number of halogens is 2. The lowest BCUT2D eigenvalue weighted by Crippen LogP contribution is -2.16. The second-order valence-corrected chi connectivity index (χ2v) is 6.88. The first-order chi connectivity index (χ1) is 6.96. The molecule has 1 aliphatic rings. The van der Waals surface area contributed by atoms with E-state index in [1.165, 1.54) is 12.1 Å². The average Bonchev–Trinajstić information content (AvgIpc) is 2.24. The monoisotopic (exact) mass is 350 g/mol. The Morgan fingerprint density at radius 1 is 1.07 bits per heavy atom. The Labute approximate surface area is 103 Å². The fourth-order valence-corrected chi connectivity index (χ4v) is 4.10. The van der Waals surface area contributed by atoms with Crippen LogP contribution in [-0.2, 0) is 9.84 Å². The molecule has 0 radical (unpaired) electrons. The Hall–Kier alpha value is -0.460. The summed E-state index contributed by atoms with van der Waals surface area (Å²) < 4.78 is 23.7. The van der Waals surface area contributed by atoms with Gasteiger partial charge in [0, 0.05) is 5.56 Å². The van der Waals surface area contributed by atoms with Gasteiger partial charge in [0.15, 0.2) is 0 Å². The fraction of sp³-hybridized carbons (Fsp3) is 0. The number of carbonyl (C=O) groups excluding carboxylic acids is 1. The SMILES string of the molecule is O=C1C(Br)=C(Br)S(=O)(=O)c2ccccc21. The van der Waals surface area contributed by atoms with Gasteiger partial charge in [-0.25, -0.2) is 8.42 Å². The third kappa shape index (κ3) is 1.51. The van der Waals surface area contributed by atoms with Gasteiger partial charge in [-0.1, -0.05) is 12.1 Å². The van der Waals surface area contributed by atoms with Gasteiger partial charge in [0.1, 0.15) is 3.81 Å². The van der Waals surface area contributed by atoms with Gasteiger partial charge in [0.2, 0.25) is 15.6 Å². The standard InChI is InChI=1S/C9H4Br2O3S/c10-7-8(12)5-3-1-2-4-6(5)15(13,14)9(7)11/h1-4H. The smallest absolute Gasteiger partial charge is 0.215 e. The van der Waals surface area contributed by atoms with Crippen molar-refractivity contribution in [2.75, 3.05) is 0 Å². The molecule has 3 nitrogen and oxygen atoms in total. The third-order valence-electron chi connectivity index (χ3n) is 2.03. The molecule has 1 aromatic rings. The van der Waals surface area contributed by atoms with E-state index in [0.717, 1.165) is 0 Å². The number of sulfone groups is 1. The normalized spacial score (nSPS) is 18.9. The number of Topliss-reactive ketones (excluding diaryl/α,β-unsaturated/α-hetero) is 1. The first kappa shape index (κ1) is 11.0. The Morgan fingerprint density at radius 2 is 1.67 bits per heavy atom. The maximum Gasteiger partial charge on any atom is 0.215 e. The van der Waals surface area contributed by atoms with Crippen molar-refractivity contribution in [3.8, 4) is 0 Å². The second-order valence-electron chi connectivity index (χ2n) is 2.92. The van der Waals surface area contributed by atoms with Crippen LogP contribution in [0.5, 0.6) is 0 Å². The lowest BCUT2D eigenvalue weighted by molar-refractivity contribution is 0.104. The molecule has 0 fully saturated rings. The van der Waals surface area contributed by atoms with Gasteiger partial charge < -0.3 is 0 Å². The Balaban J connectivity index is 2.90. The van der Waals surface area contributed by atoms with E-state index in [9.17, 15) is 13.2 Å². The zero-order chi connectivity index (χ0) is 11.2. The Kier molecular flexibility index (Phi) is 2.60. The van der Waals surface area contributed by atoms with Crippen LogP contribution in [-0.4, -0.2) is 14.2 Å². The fourth-order valence-electron chi connectivity index (χ4n) is 1.31. The molecule has 0 atom stereocenters. The highest BCUT2D eigenvalue weighted by Gasteiger charge is 2.34. The van der Waals surface area contributed by atoms with E-state index in [1.807, 2.05) is 0 Å². The molecule has 0 aliphatic carbocycles. The highest BCUT2D eigenvalue weighted by molar-refractivity contribution is 9.15. The van der Waals surface area contributed by atoms with Crippen molar-refractivity contribution in [1.82, 2.24) is 0 Å². The van der Waals surface area contributed by atoms with E-state index in [-0.39, 0.29) is 24.5 Å². The number of carbonyl (C=O) groups is 1. The lowest BCUT2D eigenvalue weighted by Gasteiger charge is -2.15. The summed E-state index contributed by atoms with van der Waals surface area (Å²) in [6.07, 6.45) is 0. The Morgan fingerprint density at radius 3 is 2.33 bits per heavy atom. The number of hydrogen-bond acceptors (Lipinski definition) is 3. The molecule has 6 heteroatoms.